The summed E-state index contributed by atoms with van der Waals surface area (Å²) in [6.45, 7) is 5.21. The molecule has 9 heteroatoms. The van der Waals surface area contributed by atoms with Gasteiger partial charge in [-0.1, -0.05) is 85.3 Å². The van der Waals surface area contributed by atoms with Crippen molar-refractivity contribution in [3.8, 4) is 0 Å². The number of para-hydroxylation sites is 1. The predicted molar refractivity (Wildman–Crippen MR) is 157 cm³/mol. The lowest BCUT2D eigenvalue weighted by atomic mass is 10.0. The van der Waals surface area contributed by atoms with Crippen molar-refractivity contribution in [2.45, 2.75) is 52.2 Å². The standard InChI is InChI=1S/C30H36ClN3O4S/c1-5-24-15-10-12-18-27(24)34(39(4,37)38)21-29(35)33(20-25-16-9-11-17-26(25)31)28(30(36)32-22(2)3)19-23-13-7-6-8-14-23/h6-18,22,28H,5,19-21H2,1-4H3,(H,32,36)/t28-/m0/s1. The first-order valence-corrected chi connectivity index (χ1v) is 15.2. The van der Waals surface area contributed by atoms with Crippen molar-refractivity contribution in [2.75, 3.05) is 17.1 Å². The highest BCUT2D eigenvalue weighted by atomic mass is 35.5. The molecule has 0 spiro atoms. The summed E-state index contributed by atoms with van der Waals surface area (Å²) < 4.78 is 27.0. The Hall–Kier alpha value is -3.36. The van der Waals surface area contributed by atoms with Gasteiger partial charge in [-0.25, -0.2) is 8.42 Å². The molecule has 0 bridgehead atoms. The molecule has 0 aliphatic heterocycles. The zero-order valence-corrected chi connectivity index (χ0v) is 24.4. The molecule has 0 heterocycles. The molecule has 0 saturated carbocycles. The smallest absolute Gasteiger partial charge is 0.244 e. The number of anilines is 1. The van der Waals surface area contributed by atoms with Gasteiger partial charge in [0.2, 0.25) is 21.8 Å². The molecule has 0 saturated heterocycles. The van der Waals surface area contributed by atoms with E-state index in [1.54, 1.807) is 30.3 Å². The molecule has 2 amide bonds. The highest BCUT2D eigenvalue weighted by molar-refractivity contribution is 7.92. The van der Waals surface area contributed by atoms with Crippen molar-refractivity contribution in [3.63, 3.8) is 0 Å². The molecule has 1 atom stereocenters. The molecule has 7 nitrogen and oxygen atoms in total. The molecule has 3 aromatic rings. The van der Waals surface area contributed by atoms with E-state index in [1.165, 1.54) is 4.90 Å². The van der Waals surface area contributed by atoms with Crippen LogP contribution in [0.15, 0.2) is 78.9 Å². The van der Waals surface area contributed by atoms with E-state index in [0.29, 0.717) is 22.7 Å². The topological polar surface area (TPSA) is 86.8 Å². The van der Waals surface area contributed by atoms with Gasteiger partial charge in [-0.15, -0.1) is 0 Å². The fourth-order valence-corrected chi connectivity index (χ4v) is 5.47. The Morgan fingerprint density at radius 1 is 0.897 bits per heavy atom. The van der Waals surface area contributed by atoms with Crippen LogP contribution in [-0.2, 0) is 39.0 Å². The number of hydrogen-bond acceptors (Lipinski definition) is 4. The highest BCUT2D eigenvalue weighted by Gasteiger charge is 2.33. The Morgan fingerprint density at radius 3 is 2.08 bits per heavy atom. The first-order chi connectivity index (χ1) is 18.5. The summed E-state index contributed by atoms with van der Waals surface area (Å²) in [6.07, 6.45) is 1.92. The lowest BCUT2D eigenvalue weighted by Crippen LogP contribution is -2.54. The van der Waals surface area contributed by atoms with Gasteiger partial charge in [0.15, 0.2) is 0 Å². The number of rotatable bonds is 12. The number of carbonyl (C=O) groups excluding carboxylic acids is 2. The second kappa shape index (κ2) is 13.6. The van der Waals surface area contributed by atoms with Crippen molar-refractivity contribution in [1.82, 2.24) is 10.2 Å². The van der Waals surface area contributed by atoms with Crippen molar-refractivity contribution in [2.24, 2.45) is 0 Å². The second-order valence-corrected chi connectivity index (χ2v) is 12.0. The molecule has 0 radical (unpaired) electrons. The number of amides is 2. The predicted octanol–water partition coefficient (Wildman–Crippen LogP) is 4.83. The van der Waals surface area contributed by atoms with E-state index in [1.807, 2.05) is 69.3 Å². The van der Waals surface area contributed by atoms with Crippen LogP contribution in [0.25, 0.3) is 0 Å². The number of aryl methyl sites for hydroxylation is 1. The minimum atomic E-state index is -3.82. The summed E-state index contributed by atoms with van der Waals surface area (Å²) in [4.78, 5) is 29.1. The van der Waals surface area contributed by atoms with Crippen LogP contribution in [0.1, 0.15) is 37.5 Å². The van der Waals surface area contributed by atoms with Crippen LogP contribution in [0.3, 0.4) is 0 Å². The van der Waals surface area contributed by atoms with Gasteiger partial charge in [-0.3, -0.25) is 13.9 Å². The molecule has 3 rings (SSSR count). The Bertz CT molecular complexity index is 1380. The normalized spacial score (nSPS) is 12.2. The minimum absolute atomic E-state index is 0.0363. The molecule has 208 valence electrons. The van der Waals surface area contributed by atoms with Gasteiger partial charge in [0.25, 0.3) is 0 Å². The van der Waals surface area contributed by atoms with Crippen LogP contribution >= 0.6 is 11.6 Å². The maximum absolute atomic E-state index is 14.1. The van der Waals surface area contributed by atoms with Crippen molar-refractivity contribution in [3.05, 3.63) is 101 Å². The third-order valence-corrected chi connectivity index (χ3v) is 7.82. The molecular formula is C30H36ClN3O4S. The maximum atomic E-state index is 14.1. The van der Waals surface area contributed by atoms with Crippen molar-refractivity contribution in [1.29, 1.82) is 0 Å². The molecular weight excluding hydrogens is 534 g/mol. The monoisotopic (exact) mass is 569 g/mol. The quantitative estimate of drug-likeness (QED) is 0.338. The Balaban J connectivity index is 2.09. The number of nitrogens with zero attached hydrogens (tertiary/aromatic N) is 2. The summed E-state index contributed by atoms with van der Waals surface area (Å²) in [6, 6.07) is 22.6. The Labute approximate surface area is 236 Å². The summed E-state index contributed by atoms with van der Waals surface area (Å²) in [7, 11) is -3.82. The summed E-state index contributed by atoms with van der Waals surface area (Å²) in [5.74, 6) is -0.833. The van der Waals surface area contributed by atoms with Crippen molar-refractivity contribution < 1.29 is 18.0 Å². The number of nitrogens with one attached hydrogen (secondary N) is 1. The second-order valence-electron chi connectivity index (χ2n) is 9.73. The zero-order chi connectivity index (χ0) is 28.6. The number of carbonyl (C=O) groups is 2. The van der Waals surface area contributed by atoms with Gasteiger partial charge in [-0.05, 0) is 49.1 Å². The van der Waals surface area contributed by atoms with Crippen LogP contribution < -0.4 is 9.62 Å². The van der Waals surface area contributed by atoms with E-state index in [0.717, 1.165) is 21.7 Å². The summed E-state index contributed by atoms with van der Waals surface area (Å²) in [5.41, 5.74) is 2.77. The van der Waals surface area contributed by atoms with E-state index >= 15 is 0 Å². The molecule has 0 aliphatic rings. The Morgan fingerprint density at radius 2 is 1.49 bits per heavy atom. The summed E-state index contributed by atoms with van der Waals surface area (Å²) in [5, 5.41) is 3.39. The number of halogens is 1. The van der Waals surface area contributed by atoms with E-state index in [2.05, 4.69) is 5.32 Å². The third kappa shape index (κ3) is 8.31. The summed E-state index contributed by atoms with van der Waals surface area (Å²) >= 11 is 6.47. The number of sulfonamides is 1. The van der Waals surface area contributed by atoms with Gasteiger partial charge in [0, 0.05) is 24.0 Å². The van der Waals surface area contributed by atoms with E-state index in [-0.39, 0.29) is 24.9 Å². The van der Waals surface area contributed by atoms with Gasteiger partial charge < -0.3 is 10.2 Å². The zero-order valence-electron chi connectivity index (χ0n) is 22.8. The Kier molecular flexibility index (Phi) is 10.5. The molecule has 1 N–H and O–H groups in total. The molecule has 0 unspecified atom stereocenters. The number of hydrogen-bond donors (Lipinski definition) is 1. The van der Waals surface area contributed by atoms with Crippen LogP contribution in [0.5, 0.6) is 0 Å². The van der Waals surface area contributed by atoms with E-state index in [9.17, 15) is 18.0 Å². The average Bonchev–Trinajstić information content (AvgIpc) is 2.89. The lowest BCUT2D eigenvalue weighted by molar-refractivity contribution is -0.140. The SMILES string of the molecule is CCc1ccccc1N(CC(=O)N(Cc1ccccc1Cl)[C@@H](Cc1ccccc1)C(=O)NC(C)C)S(C)(=O)=O. The van der Waals surface area contributed by atoms with Crippen molar-refractivity contribution >= 4 is 39.1 Å². The van der Waals surface area contributed by atoms with Gasteiger partial charge >= 0.3 is 0 Å². The highest BCUT2D eigenvalue weighted by Crippen LogP contribution is 2.25. The lowest BCUT2D eigenvalue weighted by Gasteiger charge is -2.34. The first-order valence-electron chi connectivity index (χ1n) is 12.9. The van der Waals surface area contributed by atoms with Crippen LogP contribution in [0.2, 0.25) is 5.02 Å². The fraction of sp³-hybridized carbons (Fsp3) is 0.333. The van der Waals surface area contributed by atoms with Gasteiger partial charge in [-0.2, -0.15) is 0 Å². The van der Waals surface area contributed by atoms with Crippen LogP contribution in [0, 0.1) is 0 Å². The largest absolute Gasteiger partial charge is 0.352 e. The molecule has 3 aromatic carbocycles. The van der Waals surface area contributed by atoms with Crippen LogP contribution in [0.4, 0.5) is 5.69 Å². The fourth-order valence-electron chi connectivity index (χ4n) is 4.39. The molecule has 0 aromatic heterocycles. The molecule has 0 aliphatic carbocycles. The third-order valence-electron chi connectivity index (χ3n) is 6.32. The maximum Gasteiger partial charge on any atom is 0.244 e. The van der Waals surface area contributed by atoms with Gasteiger partial charge in [0.1, 0.15) is 12.6 Å². The molecule has 0 fully saturated rings. The number of benzene rings is 3. The first kappa shape index (κ1) is 30.2. The van der Waals surface area contributed by atoms with E-state index in [4.69, 9.17) is 11.6 Å². The van der Waals surface area contributed by atoms with Gasteiger partial charge in [0.05, 0.1) is 11.9 Å². The van der Waals surface area contributed by atoms with Crippen LogP contribution in [-0.4, -0.2) is 50.0 Å². The average molecular weight is 570 g/mol. The molecule has 39 heavy (non-hydrogen) atoms. The minimum Gasteiger partial charge on any atom is -0.352 e. The van der Waals surface area contributed by atoms with E-state index < -0.39 is 28.5 Å².